The van der Waals surface area contributed by atoms with Crippen molar-refractivity contribution >= 4 is 40.1 Å². The van der Waals surface area contributed by atoms with E-state index in [2.05, 4.69) is 5.32 Å². The molecule has 0 heterocycles. The molecule has 0 aliphatic carbocycles. The van der Waals surface area contributed by atoms with Gasteiger partial charge in [0.05, 0.1) is 17.0 Å². The molecule has 0 amide bonds. The number of halogens is 1. The molecule has 0 radical (unpaired) electrons. The molecule has 3 aromatic rings. The Morgan fingerprint density at radius 1 is 0.920 bits per heavy atom. The maximum Gasteiger partial charge on any atom is 0.120 e. The van der Waals surface area contributed by atoms with Crippen molar-refractivity contribution in [1.82, 2.24) is 0 Å². The number of anilines is 2. The van der Waals surface area contributed by atoms with E-state index in [-0.39, 0.29) is 0 Å². The molecule has 0 unspecified atom stereocenters. The Morgan fingerprint density at radius 3 is 2.40 bits per heavy atom. The lowest BCUT2D eigenvalue weighted by Gasteiger charge is -2.12. The summed E-state index contributed by atoms with van der Waals surface area (Å²) in [5.41, 5.74) is 4.87. The lowest BCUT2D eigenvalue weighted by atomic mass is 10.00. The van der Waals surface area contributed by atoms with Crippen LogP contribution in [0.4, 0.5) is 11.4 Å². The van der Waals surface area contributed by atoms with Crippen LogP contribution in [0.15, 0.2) is 66.7 Å². The zero-order valence-corrected chi connectivity index (χ0v) is 15.6. The SMILES string of the molecule is COc1cccc(Nc2ccc(C(=S)c3ccccc3C)c(Cl)c2)c1. The number of hydrogen-bond donors (Lipinski definition) is 1. The van der Waals surface area contributed by atoms with Crippen LogP contribution in [-0.2, 0) is 0 Å². The molecular weight excluding hydrogens is 350 g/mol. The molecule has 0 saturated heterocycles. The normalized spacial score (nSPS) is 10.4. The van der Waals surface area contributed by atoms with Gasteiger partial charge in [-0.25, -0.2) is 0 Å². The van der Waals surface area contributed by atoms with Crippen LogP contribution in [0.5, 0.6) is 5.75 Å². The van der Waals surface area contributed by atoms with Crippen molar-refractivity contribution in [2.45, 2.75) is 6.92 Å². The first-order valence-electron chi connectivity index (χ1n) is 7.89. The van der Waals surface area contributed by atoms with Gasteiger partial charge in [0.1, 0.15) is 5.75 Å². The number of hydrogen-bond acceptors (Lipinski definition) is 3. The van der Waals surface area contributed by atoms with E-state index < -0.39 is 0 Å². The molecule has 0 saturated carbocycles. The summed E-state index contributed by atoms with van der Waals surface area (Å²) in [7, 11) is 1.65. The Balaban J connectivity index is 1.86. The highest BCUT2D eigenvalue weighted by atomic mass is 35.5. The summed E-state index contributed by atoms with van der Waals surface area (Å²) >= 11 is 12.1. The van der Waals surface area contributed by atoms with Crippen molar-refractivity contribution < 1.29 is 4.74 Å². The third kappa shape index (κ3) is 4.01. The number of ether oxygens (including phenoxy) is 1. The first kappa shape index (κ1) is 17.5. The maximum absolute atomic E-state index is 6.50. The fourth-order valence-electron chi connectivity index (χ4n) is 2.62. The van der Waals surface area contributed by atoms with Gasteiger partial charge < -0.3 is 10.1 Å². The number of rotatable bonds is 5. The summed E-state index contributed by atoms with van der Waals surface area (Å²) < 4.78 is 5.24. The molecule has 0 bridgehead atoms. The third-order valence-electron chi connectivity index (χ3n) is 3.96. The van der Waals surface area contributed by atoms with Crippen LogP contribution >= 0.6 is 23.8 Å². The summed E-state index contributed by atoms with van der Waals surface area (Å²) in [6.45, 7) is 2.05. The maximum atomic E-state index is 6.50. The Labute approximate surface area is 158 Å². The van der Waals surface area contributed by atoms with Gasteiger partial charge in [0, 0.05) is 23.0 Å². The Bertz CT molecular complexity index is 923. The van der Waals surface area contributed by atoms with E-state index in [1.54, 1.807) is 7.11 Å². The lowest BCUT2D eigenvalue weighted by Crippen LogP contribution is -2.03. The van der Waals surface area contributed by atoms with Gasteiger partial charge in [-0.1, -0.05) is 54.2 Å². The minimum absolute atomic E-state index is 0.626. The van der Waals surface area contributed by atoms with Gasteiger partial charge in [0.15, 0.2) is 0 Å². The fourth-order valence-corrected chi connectivity index (χ4v) is 3.36. The topological polar surface area (TPSA) is 21.3 Å². The van der Waals surface area contributed by atoms with Gasteiger partial charge in [-0.3, -0.25) is 0 Å². The minimum atomic E-state index is 0.626. The molecule has 0 fully saturated rings. The molecule has 0 atom stereocenters. The second-order valence-corrected chi connectivity index (χ2v) is 6.51. The monoisotopic (exact) mass is 367 g/mol. The second-order valence-electron chi connectivity index (χ2n) is 5.70. The van der Waals surface area contributed by atoms with Crippen molar-refractivity contribution in [2.24, 2.45) is 0 Å². The van der Waals surface area contributed by atoms with Crippen LogP contribution in [0.1, 0.15) is 16.7 Å². The van der Waals surface area contributed by atoms with Crippen LogP contribution in [0.2, 0.25) is 5.02 Å². The van der Waals surface area contributed by atoms with Crippen LogP contribution in [0.3, 0.4) is 0 Å². The molecule has 0 aliphatic heterocycles. The predicted molar refractivity (Wildman–Crippen MR) is 110 cm³/mol. The Morgan fingerprint density at radius 2 is 1.68 bits per heavy atom. The molecular formula is C21H18ClNOS. The summed E-state index contributed by atoms with van der Waals surface area (Å²) in [4.78, 5) is 0.760. The van der Waals surface area contributed by atoms with E-state index in [9.17, 15) is 0 Å². The fraction of sp³-hybridized carbons (Fsp3) is 0.0952. The molecule has 25 heavy (non-hydrogen) atoms. The van der Waals surface area contributed by atoms with Gasteiger partial charge in [0.25, 0.3) is 0 Å². The number of methoxy groups -OCH3 is 1. The highest BCUT2D eigenvalue weighted by Gasteiger charge is 2.11. The van der Waals surface area contributed by atoms with Crippen molar-refractivity contribution in [3.05, 3.63) is 88.4 Å². The summed E-state index contributed by atoms with van der Waals surface area (Å²) in [5, 5.41) is 3.96. The lowest BCUT2D eigenvalue weighted by molar-refractivity contribution is 0.415. The first-order chi connectivity index (χ1) is 12.1. The van der Waals surface area contributed by atoms with Gasteiger partial charge in [-0.05, 0) is 48.4 Å². The van der Waals surface area contributed by atoms with E-state index in [1.165, 1.54) is 0 Å². The largest absolute Gasteiger partial charge is 0.497 e. The first-order valence-corrected chi connectivity index (χ1v) is 8.68. The molecule has 0 spiro atoms. The molecule has 3 rings (SSSR count). The standard InChI is InChI=1S/C21H18ClNOS/c1-14-6-3-4-9-18(14)21(25)19-11-10-16(13-20(19)22)23-15-7-5-8-17(12-15)24-2/h3-13,23H,1-2H3. The van der Waals surface area contributed by atoms with E-state index in [1.807, 2.05) is 73.7 Å². The highest BCUT2D eigenvalue weighted by Crippen LogP contribution is 2.28. The van der Waals surface area contributed by atoms with Crippen LogP contribution < -0.4 is 10.1 Å². The van der Waals surface area contributed by atoms with Gasteiger partial charge in [-0.2, -0.15) is 0 Å². The van der Waals surface area contributed by atoms with E-state index in [0.717, 1.165) is 38.7 Å². The predicted octanol–water partition coefficient (Wildman–Crippen LogP) is 6.17. The van der Waals surface area contributed by atoms with Crippen molar-refractivity contribution in [2.75, 3.05) is 12.4 Å². The van der Waals surface area contributed by atoms with E-state index in [0.29, 0.717) is 5.02 Å². The van der Waals surface area contributed by atoms with Crippen molar-refractivity contribution in [3.8, 4) is 5.75 Å². The van der Waals surface area contributed by atoms with Crippen LogP contribution in [0.25, 0.3) is 0 Å². The Hall–Kier alpha value is -2.36. The summed E-state index contributed by atoms with van der Waals surface area (Å²) in [6, 6.07) is 21.6. The smallest absolute Gasteiger partial charge is 0.120 e. The zero-order valence-electron chi connectivity index (χ0n) is 14.0. The van der Waals surface area contributed by atoms with Crippen LogP contribution in [0, 0.1) is 6.92 Å². The molecule has 4 heteroatoms. The number of benzene rings is 3. The average Bonchev–Trinajstić information content (AvgIpc) is 2.62. The summed E-state index contributed by atoms with van der Waals surface area (Å²) in [5.74, 6) is 0.799. The summed E-state index contributed by atoms with van der Waals surface area (Å²) in [6.07, 6.45) is 0. The third-order valence-corrected chi connectivity index (χ3v) is 4.71. The molecule has 126 valence electrons. The minimum Gasteiger partial charge on any atom is -0.497 e. The van der Waals surface area contributed by atoms with E-state index >= 15 is 0 Å². The van der Waals surface area contributed by atoms with Gasteiger partial charge >= 0.3 is 0 Å². The van der Waals surface area contributed by atoms with Crippen molar-refractivity contribution in [3.63, 3.8) is 0 Å². The second kappa shape index (κ2) is 7.68. The van der Waals surface area contributed by atoms with Crippen molar-refractivity contribution in [1.29, 1.82) is 0 Å². The molecule has 3 aromatic carbocycles. The Kier molecular flexibility index (Phi) is 5.37. The van der Waals surface area contributed by atoms with E-state index in [4.69, 9.17) is 28.6 Å². The molecule has 0 aromatic heterocycles. The highest BCUT2D eigenvalue weighted by molar-refractivity contribution is 7.81. The van der Waals surface area contributed by atoms with Gasteiger partial charge in [0.2, 0.25) is 0 Å². The number of thiocarbonyl (C=S) groups is 1. The zero-order chi connectivity index (χ0) is 17.8. The average molecular weight is 368 g/mol. The molecule has 2 nitrogen and oxygen atoms in total. The number of nitrogens with one attached hydrogen (secondary N) is 1. The van der Waals surface area contributed by atoms with Gasteiger partial charge in [-0.15, -0.1) is 0 Å². The van der Waals surface area contributed by atoms with Crippen LogP contribution in [-0.4, -0.2) is 12.0 Å². The molecule has 0 aliphatic rings. The molecule has 1 N–H and O–H groups in total. The number of aryl methyl sites for hydroxylation is 1. The quantitative estimate of drug-likeness (QED) is 0.430.